The molecule has 0 saturated heterocycles. The minimum Gasteiger partial charge on any atom is -0.310 e. The van der Waals surface area contributed by atoms with Gasteiger partial charge < -0.3 is 9.47 Å². The van der Waals surface area contributed by atoms with Crippen molar-refractivity contribution in [2.45, 2.75) is 0 Å². The van der Waals surface area contributed by atoms with E-state index in [1.165, 1.54) is 54.8 Å². The van der Waals surface area contributed by atoms with E-state index in [1.807, 2.05) is 0 Å². The Morgan fingerprint density at radius 3 is 1.71 bits per heavy atom. The van der Waals surface area contributed by atoms with Gasteiger partial charge in [0.15, 0.2) is 0 Å². The van der Waals surface area contributed by atoms with E-state index in [9.17, 15) is 0 Å². The van der Waals surface area contributed by atoms with Gasteiger partial charge in [-0.2, -0.15) is 0 Å². The number of rotatable bonds is 6. The van der Waals surface area contributed by atoms with Crippen LogP contribution >= 0.6 is 0 Å². The van der Waals surface area contributed by atoms with Gasteiger partial charge in [0.2, 0.25) is 0 Å². The monoisotopic (exact) mass is 612 g/mol. The van der Waals surface area contributed by atoms with Crippen molar-refractivity contribution >= 4 is 49.6 Å². The van der Waals surface area contributed by atoms with Gasteiger partial charge in [0, 0.05) is 33.5 Å². The van der Waals surface area contributed by atoms with E-state index < -0.39 is 0 Å². The molecule has 1 aromatic heterocycles. The van der Waals surface area contributed by atoms with E-state index in [2.05, 4.69) is 204 Å². The van der Waals surface area contributed by atoms with E-state index in [0.29, 0.717) is 0 Å². The zero-order valence-corrected chi connectivity index (χ0v) is 26.4. The molecule has 0 spiro atoms. The van der Waals surface area contributed by atoms with Crippen LogP contribution in [0.5, 0.6) is 0 Å². The Bertz CT molecular complexity index is 2530. The molecule has 0 aliphatic heterocycles. The topological polar surface area (TPSA) is 8.17 Å². The van der Waals surface area contributed by atoms with Gasteiger partial charge in [-0.15, -0.1) is 0 Å². The van der Waals surface area contributed by atoms with E-state index in [4.69, 9.17) is 0 Å². The van der Waals surface area contributed by atoms with Crippen molar-refractivity contribution in [2.24, 2.45) is 0 Å². The van der Waals surface area contributed by atoms with Crippen molar-refractivity contribution in [3.05, 3.63) is 194 Å². The molecular formula is C46H32N2. The fourth-order valence-electron chi connectivity index (χ4n) is 7.19. The summed E-state index contributed by atoms with van der Waals surface area (Å²) < 4.78 is 2.44. The quantitative estimate of drug-likeness (QED) is 0.181. The van der Waals surface area contributed by atoms with Crippen LogP contribution in [0, 0.1) is 0 Å². The minimum atomic E-state index is 1.10. The summed E-state index contributed by atoms with van der Waals surface area (Å²) >= 11 is 0. The average molecular weight is 613 g/mol. The lowest BCUT2D eigenvalue weighted by atomic mass is 9.97. The van der Waals surface area contributed by atoms with Gasteiger partial charge in [0.1, 0.15) is 0 Å². The Morgan fingerprint density at radius 1 is 0.354 bits per heavy atom. The molecule has 0 aliphatic rings. The lowest BCUT2D eigenvalue weighted by Gasteiger charge is -2.26. The highest BCUT2D eigenvalue weighted by Crippen LogP contribution is 2.43. The van der Waals surface area contributed by atoms with Gasteiger partial charge in [-0.25, -0.2) is 0 Å². The highest BCUT2D eigenvalue weighted by molar-refractivity contribution is 6.25. The van der Waals surface area contributed by atoms with Gasteiger partial charge in [0.25, 0.3) is 0 Å². The fraction of sp³-hybridized carbons (Fsp3) is 0. The SMILES string of the molecule is c1ccc(-c2ccc(N(c3ccccc3)c3cccc(-n4c5cccc(-c6ccccc6)c5c5c6ccccc6ccc54)c3)cc2)cc1. The van der Waals surface area contributed by atoms with Crippen molar-refractivity contribution in [3.63, 3.8) is 0 Å². The lowest BCUT2D eigenvalue weighted by molar-refractivity contribution is 1.17. The van der Waals surface area contributed by atoms with Crippen LogP contribution in [0.1, 0.15) is 0 Å². The number of aromatic nitrogens is 1. The molecule has 9 rings (SSSR count). The Kier molecular flexibility index (Phi) is 6.84. The molecule has 0 unspecified atom stereocenters. The third-order valence-corrected chi connectivity index (χ3v) is 9.36. The third kappa shape index (κ3) is 4.74. The third-order valence-electron chi connectivity index (χ3n) is 9.36. The second-order valence-electron chi connectivity index (χ2n) is 12.2. The summed E-state index contributed by atoms with van der Waals surface area (Å²) in [5.41, 5.74) is 11.7. The highest BCUT2D eigenvalue weighted by atomic mass is 15.1. The Morgan fingerprint density at radius 2 is 0.938 bits per heavy atom. The predicted octanol–water partition coefficient (Wildman–Crippen LogP) is 12.7. The molecule has 9 aromatic rings. The van der Waals surface area contributed by atoms with Gasteiger partial charge in [-0.1, -0.05) is 140 Å². The molecule has 0 fully saturated rings. The summed E-state index contributed by atoms with van der Waals surface area (Å²) in [6.45, 7) is 0. The van der Waals surface area contributed by atoms with Crippen molar-refractivity contribution in [2.75, 3.05) is 4.90 Å². The zero-order valence-electron chi connectivity index (χ0n) is 26.4. The number of para-hydroxylation sites is 1. The molecule has 0 aliphatic carbocycles. The molecular weight excluding hydrogens is 581 g/mol. The maximum Gasteiger partial charge on any atom is 0.0547 e. The molecule has 2 nitrogen and oxygen atoms in total. The van der Waals surface area contributed by atoms with Crippen LogP contribution in [0.25, 0.3) is 60.5 Å². The fourth-order valence-corrected chi connectivity index (χ4v) is 7.19. The van der Waals surface area contributed by atoms with Crippen LogP contribution < -0.4 is 4.90 Å². The Labute approximate surface area is 280 Å². The minimum absolute atomic E-state index is 1.10. The summed E-state index contributed by atoms with van der Waals surface area (Å²) in [4.78, 5) is 2.34. The molecule has 1 heterocycles. The van der Waals surface area contributed by atoms with Gasteiger partial charge in [-0.05, 0) is 87.6 Å². The van der Waals surface area contributed by atoms with E-state index >= 15 is 0 Å². The van der Waals surface area contributed by atoms with Gasteiger partial charge in [0.05, 0.1) is 11.0 Å². The summed E-state index contributed by atoms with van der Waals surface area (Å²) in [6, 6.07) is 69.8. The molecule has 0 radical (unpaired) electrons. The first-order chi connectivity index (χ1) is 23.8. The first kappa shape index (κ1) is 27.9. The summed E-state index contributed by atoms with van der Waals surface area (Å²) in [5.74, 6) is 0. The standard InChI is InChI=1S/C46H32N2/c1-4-14-33(15-5-1)34-26-29-38(30-27-34)47(37-19-8-3-9-20-37)39-21-12-22-40(32-39)48-43-25-13-24-42(35-16-6-2-7-17-35)45(43)46-41-23-11-10-18-36(41)28-31-44(46)48/h1-32H. The van der Waals surface area contributed by atoms with Crippen molar-refractivity contribution in [1.29, 1.82) is 0 Å². The molecule has 8 aromatic carbocycles. The Balaban J connectivity index is 1.26. The molecule has 2 heteroatoms. The second-order valence-corrected chi connectivity index (χ2v) is 12.2. The molecule has 0 amide bonds. The van der Waals surface area contributed by atoms with Crippen LogP contribution in [-0.4, -0.2) is 4.57 Å². The molecule has 0 atom stereocenters. The largest absolute Gasteiger partial charge is 0.310 e. The Hall–Kier alpha value is -6.38. The number of fused-ring (bicyclic) bond motifs is 5. The average Bonchev–Trinajstić information content (AvgIpc) is 3.52. The number of benzene rings is 8. The number of hydrogen-bond donors (Lipinski definition) is 0. The van der Waals surface area contributed by atoms with Crippen molar-refractivity contribution < 1.29 is 0 Å². The molecule has 226 valence electrons. The van der Waals surface area contributed by atoms with E-state index in [0.717, 1.165) is 22.7 Å². The smallest absolute Gasteiger partial charge is 0.0547 e. The second kappa shape index (κ2) is 11.8. The first-order valence-corrected chi connectivity index (χ1v) is 16.4. The maximum absolute atomic E-state index is 2.44. The zero-order chi connectivity index (χ0) is 31.9. The maximum atomic E-state index is 2.44. The van der Waals surface area contributed by atoms with E-state index in [-0.39, 0.29) is 0 Å². The lowest BCUT2D eigenvalue weighted by Crippen LogP contribution is -2.10. The van der Waals surface area contributed by atoms with Crippen molar-refractivity contribution in [3.8, 4) is 27.9 Å². The van der Waals surface area contributed by atoms with Crippen LogP contribution in [0.4, 0.5) is 17.1 Å². The van der Waals surface area contributed by atoms with Crippen LogP contribution in [0.15, 0.2) is 194 Å². The molecule has 0 saturated carbocycles. The van der Waals surface area contributed by atoms with Crippen LogP contribution in [-0.2, 0) is 0 Å². The van der Waals surface area contributed by atoms with E-state index in [1.54, 1.807) is 0 Å². The van der Waals surface area contributed by atoms with Crippen LogP contribution in [0.3, 0.4) is 0 Å². The molecule has 0 bridgehead atoms. The van der Waals surface area contributed by atoms with Gasteiger partial charge in [-0.3, -0.25) is 0 Å². The summed E-state index contributed by atoms with van der Waals surface area (Å²) in [7, 11) is 0. The van der Waals surface area contributed by atoms with Crippen LogP contribution in [0.2, 0.25) is 0 Å². The number of anilines is 3. The highest BCUT2D eigenvalue weighted by Gasteiger charge is 2.20. The van der Waals surface area contributed by atoms with Gasteiger partial charge >= 0.3 is 0 Å². The number of hydrogen-bond acceptors (Lipinski definition) is 1. The molecule has 0 N–H and O–H groups in total. The summed E-state index contributed by atoms with van der Waals surface area (Å²) in [6.07, 6.45) is 0. The number of nitrogens with zero attached hydrogens (tertiary/aromatic N) is 2. The summed E-state index contributed by atoms with van der Waals surface area (Å²) in [5, 5.41) is 5.07. The normalized spacial score (nSPS) is 11.3. The predicted molar refractivity (Wildman–Crippen MR) is 204 cm³/mol. The van der Waals surface area contributed by atoms with Crippen molar-refractivity contribution in [1.82, 2.24) is 4.57 Å². The first-order valence-electron chi connectivity index (χ1n) is 16.4. The molecule has 48 heavy (non-hydrogen) atoms.